The first-order valence-corrected chi connectivity index (χ1v) is 6.98. The lowest BCUT2D eigenvalue weighted by Crippen LogP contribution is -2.17. The fourth-order valence-corrected chi connectivity index (χ4v) is 2.56. The van der Waals surface area contributed by atoms with Crippen LogP contribution in [-0.2, 0) is 5.41 Å². The lowest BCUT2D eigenvalue weighted by atomic mass is 9.86. The van der Waals surface area contributed by atoms with Crippen molar-refractivity contribution in [2.75, 3.05) is 0 Å². The highest BCUT2D eigenvalue weighted by Crippen LogP contribution is 2.28. The molecule has 1 aliphatic rings. The Labute approximate surface area is 124 Å². The zero-order valence-electron chi connectivity index (χ0n) is 12.4. The minimum atomic E-state index is -0.205. The molecule has 0 unspecified atom stereocenters. The highest BCUT2D eigenvalue weighted by Gasteiger charge is 2.36. The zero-order chi connectivity index (χ0) is 15.2. The van der Waals surface area contributed by atoms with E-state index in [1.807, 2.05) is 24.3 Å². The van der Waals surface area contributed by atoms with Gasteiger partial charge in [0, 0.05) is 6.07 Å². The third-order valence-corrected chi connectivity index (χ3v) is 3.81. The summed E-state index contributed by atoms with van der Waals surface area (Å²) in [5, 5.41) is 12.3. The number of nitrogens with zero attached hydrogens (tertiary/aromatic N) is 1. The lowest BCUT2D eigenvalue weighted by molar-refractivity contribution is -0.355. The standard InChI is InChI=1S/C18H17NO2/c1-18(2,3)13-10-8-12(9-11-13)16-17(20)14-6-4-5-7-15(14)19(16)21/h4-11H,1-3H3. The Bertz CT molecular complexity index is 750. The maximum Gasteiger partial charge on any atom is 0.272 e. The second kappa shape index (κ2) is 4.55. The van der Waals surface area contributed by atoms with Crippen LogP contribution in [0, 0.1) is 5.21 Å². The molecule has 0 saturated heterocycles. The van der Waals surface area contributed by atoms with E-state index >= 15 is 0 Å². The van der Waals surface area contributed by atoms with Gasteiger partial charge in [-0.2, -0.15) is 4.74 Å². The van der Waals surface area contributed by atoms with Crippen LogP contribution in [0.5, 0.6) is 0 Å². The van der Waals surface area contributed by atoms with E-state index in [1.165, 1.54) is 5.56 Å². The molecule has 0 saturated carbocycles. The smallest absolute Gasteiger partial charge is 0.272 e. The Morgan fingerprint density at radius 2 is 1.57 bits per heavy atom. The fourth-order valence-electron chi connectivity index (χ4n) is 2.56. The molecule has 21 heavy (non-hydrogen) atoms. The molecule has 0 aliphatic carbocycles. The molecule has 0 spiro atoms. The molecule has 0 amide bonds. The van der Waals surface area contributed by atoms with Crippen LogP contribution < -0.4 is 0 Å². The van der Waals surface area contributed by atoms with Crippen LogP contribution in [0.3, 0.4) is 0 Å². The molecule has 3 heteroatoms. The fraction of sp³-hybridized carbons (Fsp3) is 0.222. The number of hydrogen-bond donors (Lipinski definition) is 0. The van der Waals surface area contributed by atoms with Crippen molar-refractivity contribution in [3.05, 3.63) is 70.4 Å². The highest BCUT2D eigenvalue weighted by molar-refractivity contribution is 6.52. The predicted molar refractivity (Wildman–Crippen MR) is 83.3 cm³/mol. The molecule has 1 heterocycles. The summed E-state index contributed by atoms with van der Waals surface area (Å²) in [4.78, 5) is 12.4. The minimum absolute atomic E-state index is 0.0446. The Morgan fingerprint density at radius 1 is 0.952 bits per heavy atom. The maximum absolute atomic E-state index is 12.4. The maximum atomic E-state index is 12.4. The van der Waals surface area contributed by atoms with Gasteiger partial charge in [0.05, 0.1) is 5.56 Å². The van der Waals surface area contributed by atoms with Crippen molar-refractivity contribution in [1.29, 1.82) is 0 Å². The van der Waals surface area contributed by atoms with Gasteiger partial charge in [0.25, 0.3) is 11.5 Å². The number of carbonyl (C=O) groups excluding carboxylic acids is 1. The van der Waals surface area contributed by atoms with Gasteiger partial charge in [-0.15, -0.1) is 0 Å². The molecule has 1 aliphatic heterocycles. The number of carbonyl (C=O) groups is 1. The molecular formula is C18H17NO2. The number of para-hydroxylation sites is 1. The average Bonchev–Trinajstić information content (AvgIpc) is 2.71. The largest absolute Gasteiger partial charge is 0.618 e. The van der Waals surface area contributed by atoms with Crippen LogP contribution in [-0.4, -0.2) is 16.2 Å². The number of Topliss-reactive ketones (excluding diaryl/α,β-unsaturated/α-hetero) is 1. The van der Waals surface area contributed by atoms with E-state index in [4.69, 9.17) is 0 Å². The van der Waals surface area contributed by atoms with Gasteiger partial charge in [-0.1, -0.05) is 45.0 Å². The minimum Gasteiger partial charge on any atom is -0.618 e. The van der Waals surface area contributed by atoms with E-state index in [9.17, 15) is 10.0 Å². The quantitative estimate of drug-likeness (QED) is 0.588. The molecular weight excluding hydrogens is 262 g/mol. The van der Waals surface area contributed by atoms with Crippen molar-refractivity contribution in [3.63, 3.8) is 0 Å². The first kappa shape index (κ1) is 13.6. The molecule has 0 fully saturated rings. The van der Waals surface area contributed by atoms with E-state index in [0.717, 1.165) is 4.74 Å². The summed E-state index contributed by atoms with van der Waals surface area (Å²) in [6.07, 6.45) is 0. The van der Waals surface area contributed by atoms with Gasteiger partial charge in [-0.3, -0.25) is 4.79 Å². The van der Waals surface area contributed by atoms with Gasteiger partial charge < -0.3 is 5.21 Å². The topological polar surface area (TPSA) is 43.1 Å². The van der Waals surface area contributed by atoms with Crippen LogP contribution in [0.1, 0.15) is 42.3 Å². The van der Waals surface area contributed by atoms with Crippen molar-refractivity contribution < 1.29 is 9.53 Å². The molecule has 0 atom stereocenters. The van der Waals surface area contributed by atoms with Crippen LogP contribution >= 0.6 is 0 Å². The summed E-state index contributed by atoms with van der Waals surface area (Å²) in [5.74, 6) is -0.205. The third kappa shape index (κ3) is 2.15. The third-order valence-electron chi connectivity index (χ3n) is 3.81. The van der Waals surface area contributed by atoms with Crippen molar-refractivity contribution >= 4 is 17.2 Å². The van der Waals surface area contributed by atoms with Crippen LogP contribution in [0.2, 0.25) is 0 Å². The van der Waals surface area contributed by atoms with Crippen molar-refractivity contribution in [2.45, 2.75) is 26.2 Å². The second-order valence-corrected chi connectivity index (χ2v) is 6.32. The summed E-state index contributed by atoms with van der Waals surface area (Å²) in [5.41, 5.74) is 2.99. The van der Waals surface area contributed by atoms with Gasteiger partial charge in [0.15, 0.2) is 0 Å². The Balaban J connectivity index is 2.07. The van der Waals surface area contributed by atoms with Gasteiger partial charge in [-0.25, -0.2) is 0 Å². The molecule has 0 aromatic heterocycles. The van der Waals surface area contributed by atoms with Crippen molar-refractivity contribution in [2.24, 2.45) is 0 Å². The number of fused-ring (bicyclic) bond motifs is 1. The van der Waals surface area contributed by atoms with Crippen LogP contribution in [0.15, 0.2) is 48.5 Å². The molecule has 106 valence electrons. The van der Waals surface area contributed by atoms with E-state index in [1.54, 1.807) is 24.3 Å². The average molecular weight is 279 g/mol. The zero-order valence-corrected chi connectivity index (χ0v) is 12.4. The highest BCUT2D eigenvalue weighted by atomic mass is 16.5. The molecule has 0 N–H and O–H groups in total. The second-order valence-electron chi connectivity index (χ2n) is 6.32. The van der Waals surface area contributed by atoms with Gasteiger partial charge in [0.2, 0.25) is 5.69 Å². The van der Waals surface area contributed by atoms with Gasteiger partial charge >= 0.3 is 0 Å². The van der Waals surface area contributed by atoms with Crippen molar-refractivity contribution in [3.8, 4) is 0 Å². The van der Waals surface area contributed by atoms with Gasteiger partial charge in [-0.05, 0) is 29.2 Å². The number of benzene rings is 2. The Kier molecular flexibility index (Phi) is 2.94. The van der Waals surface area contributed by atoms with Gasteiger partial charge in [0.1, 0.15) is 5.56 Å². The monoisotopic (exact) mass is 279 g/mol. The SMILES string of the molecule is CC(C)(C)c1ccc(C2=[N+]([O-])c3ccccc3C2=O)cc1. The molecule has 0 bridgehead atoms. The van der Waals surface area contributed by atoms with E-state index < -0.39 is 0 Å². The van der Waals surface area contributed by atoms with Crippen LogP contribution in [0.25, 0.3) is 0 Å². The first-order valence-electron chi connectivity index (χ1n) is 6.98. The lowest BCUT2D eigenvalue weighted by Gasteiger charge is -2.18. The Hall–Kier alpha value is -2.42. The van der Waals surface area contributed by atoms with E-state index in [0.29, 0.717) is 16.8 Å². The number of hydrogen-bond acceptors (Lipinski definition) is 2. The number of ketones is 1. The molecule has 3 rings (SSSR count). The molecule has 2 aromatic carbocycles. The summed E-state index contributed by atoms with van der Waals surface area (Å²) in [7, 11) is 0. The molecule has 2 aromatic rings. The summed E-state index contributed by atoms with van der Waals surface area (Å²) in [6.45, 7) is 6.39. The molecule has 0 radical (unpaired) electrons. The summed E-state index contributed by atoms with van der Waals surface area (Å²) in [6, 6.07) is 14.6. The summed E-state index contributed by atoms with van der Waals surface area (Å²) < 4.78 is 0.740. The number of rotatable bonds is 1. The predicted octanol–water partition coefficient (Wildman–Crippen LogP) is 3.81. The first-order chi connectivity index (χ1) is 9.89. The van der Waals surface area contributed by atoms with Crippen LogP contribution in [0.4, 0.5) is 5.69 Å². The van der Waals surface area contributed by atoms with Crippen molar-refractivity contribution in [1.82, 2.24) is 0 Å². The van der Waals surface area contributed by atoms with E-state index in [-0.39, 0.29) is 16.9 Å². The summed E-state index contributed by atoms with van der Waals surface area (Å²) >= 11 is 0. The van der Waals surface area contributed by atoms with E-state index in [2.05, 4.69) is 20.8 Å². The normalized spacial score (nSPS) is 14.5. The molecule has 3 nitrogen and oxygen atoms in total. The Morgan fingerprint density at radius 3 is 2.14 bits per heavy atom.